The monoisotopic (exact) mass is 218 g/mol. The maximum Gasteiger partial charge on any atom is 0.308 e. The summed E-state index contributed by atoms with van der Waals surface area (Å²) in [4.78, 5) is 11.1. The molecular formula is C10H18O3S. The van der Waals surface area contributed by atoms with Crippen molar-refractivity contribution in [3.8, 4) is 0 Å². The molecule has 0 heterocycles. The smallest absolute Gasteiger partial charge is 0.308 e. The number of rotatable bonds is 5. The quantitative estimate of drug-likeness (QED) is 0.523. The third kappa shape index (κ3) is 6.83. The number of hydrogen-bond acceptors (Lipinski definition) is 4. The molecule has 0 saturated carbocycles. The van der Waals surface area contributed by atoms with Crippen molar-refractivity contribution < 1.29 is 14.3 Å². The summed E-state index contributed by atoms with van der Waals surface area (Å²) in [6.45, 7) is 8.18. The average Bonchev–Trinajstić information content (AvgIpc) is 2.10. The van der Waals surface area contributed by atoms with E-state index in [1.165, 1.54) is 0 Å². The van der Waals surface area contributed by atoms with Crippen LogP contribution in [0, 0.1) is 11.8 Å². The summed E-state index contributed by atoms with van der Waals surface area (Å²) < 4.78 is 10.2. The van der Waals surface area contributed by atoms with Crippen LogP contribution in [0.3, 0.4) is 0 Å². The van der Waals surface area contributed by atoms with E-state index in [1.807, 2.05) is 20.8 Å². The highest BCUT2D eigenvalue weighted by molar-refractivity contribution is 7.80. The van der Waals surface area contributed by atoms with Crippen LogP contribution in [0.1, 0.15) is 27.7 Å². The second-order valence-corrected chi connectivity index (χ2v) is 4.27. The van der Waals surface area contributed by atoms with Crippen molar-refractivity contribution in [3.05, 3.63) is 0 Å². The van der Waals surface area contributed by atoms with E-state index in [1.54, 1.807) is 6.92 Å². The van der Waals surface area contributed by atoms with Gasteiger partial charge in [0, 0.05) is 12.8 Å². The molecule has 82 valence electrons. The largest absolute Gasteiger partial charge is 0.487 e. The predicted molar refractivity (Wildman–Crippen MR) is 59.2 cm³/mol. The van der Waals surface area contributed by atoms with Gasteiger partial charge < -0.3 is 9.47 Å². The Kier molecular flexibility index (Phi) is 6.45. The Bertz CT molecular complexity index is 202. The third-order valence-corrected chi connectivity index (χ3v) is 1.67. The van der Waals surface area contributed by atoms with Gasteiger partial charge in [0.25, 0.3) is 0 Å². The lowest BCUT2D eigenvalue weighted by molar-refractivity contribution is -0.148. The van der Waals surface area contributed by atoms with Crippen molar-refractivity contribution in [1.82, 2.24) is 0 Å². The molecule has 0 rings (SSSR count). The lowest BCUT2D eigenvalue weighted by atomic mass is 10.2. The van der Waals surface area contributed by atoms with Gasteiger partial charge in [0.1, 0.15) is 0 Å². The van der Waals surface area contributed by atoms with Crippen LogP contribution in [0.5, 0.6) is 0 Å². The van der Waals surface area contributed by atoms with E-state index in [4.69, 9.17) is 21.7 Å². The van der Waals surface area contributed by atoms with Gasteiger partial charge in [-0.15, -0.1) is 0 Å². The first-order valence-corrected chi connectivity index (χ1v) is 5.14. The first-order valence-electron chi connectivity index (χ1n) is 4.73. The zero-order valence-corrected chi connectivity index (χ0v) is 10.0. The molecule has 0 bridgehead atoms. The van der Waals surface area contributed by atoms with Crippen molar-refractivity contribution in [2.24, 2.45) is 11.8 Å². The highest BCUT2D eigenvalue weighted by Gasteiger charge is 2.11. The molecule has 1 atom stereocenters. The van der Waals surface area contributed by atoms with E-state index in [-0.39, 0.29) is 17.8 Å². The number of carbonyl (C=O) groups is 1. The highest BCUT2D eigenvalue weighted by atomic mass is 32.1. The number of esters is 1. The van der Waals surface area contributed by atoms with Gasteiger partial charge in [0.2, 0.25) is 0 Å². The standard InChI is InChI=1S/C10H18O3S/c1-7(2)10(11)13-6-8(3)5-12-9(4)14/h7-8H,5-6H2,1-4H3. The fourth-order valence-corrected chi connectivity index (χ4v) is 0.767. The van der Waals surface area contributed by atoms with Crippen molar-refractivity contribution in [3.63, 3.8) is 0 Å². The second kappa shape index (κ2) is 6.76. The van der Waals surface area contributed by atoms with E-state index >= 15 is 0 Å². The van der Waals surface area contributed by atoms with Crippen molar-refractivity contribution in [1.29, 1.82) is 0 Å². The summed E-state index contributed by atoms with van der Waals surface area (Å²) in [5.41, 5.74) is 0. The molecule has 0 aromatic carbocycles. The van der Waals surface area contributed by atoms with Gasteiger partial charge in [0.15, 0.2) is 5.05 Å². The molecule has 0 spiro atoms. The van der Waals surface area contributed by atoms with Gasteiger partial charge in [-0.25, -0.2) is 0 Å². The first-order chi connectivity index (χ1) is 6.43. The Labute approximate surface area is 90.8 Å². The summed E-state index contributed by atoms with van der Waals surface area (Å²) in [7, 11) is 0. The van der Waals surface area contributed by atoms with Gasteiger partial charge in [-0.3, -0.25) is 4.79 Å². The molecule has 14 heavy (non-hydrogen) atoms. The number of ether oxygens (including phenoxy) is 2. The molecule has 0 saturated heterocycles. The van der Waals surface area contributed by atoms with Crippen LogP contribution in [0.25, 0.3) is 0 Å². The summed E-state index contributed by atoms with van der Waals surface area (Å²) in [6, 6.07) is 0. The molecule has 0 fully saturated rings. The molecule has 0 aliphatic rings. The van der Waals surface area contributed by atoms with Crippen LogP contribution in [0.4, 0.5) is 0 Å². The molecule has 4 heteroatoms. The number of hydrogen-bond donors (Lipinski definition) is 0. The zero-order valence-electron chi connectivity index (χ0n) is 9.20. The van der Waals surface area contributed by atoms with Crippen LogP contribution in [0.15, 0.2) is 0 Å². The normalized spacial score (nSPS) is 12.4. The molecule has 0 amide bonds. The highest BCUT2D eigenvalue weighted by Crippen LogP contribution is 2.02. The van der Waals surface area contributed by atoms with Crippen LogP contribution >= 0.6 is 12.2 Å². The van der Waals surface area contributed by atoms with E-state index in [2.05, 4.69) is 0 Å². The van der Waals surface area contributed by atoms with Crippen molar-refractivity contribution >= 4 is 23.2 Å². The summed E-state index contributed by atoms with van der Waals surface area (Å²) >= 11 is 4.76. The van der Waals surface area contributed by atoms with Crippen LogP contribution in [-0.4, -0.2) is 24.2 Å². The minimum absolute atomic E-state index is 0.0737. The van der Waals surface area contributed by atoms with Crippen LogP contribution < -0.4 is 0 Å². The van der Waals surface area contributed by atoms with E-state index in [0.29, 0.717) is 18.3 Å². The minimum atomic E-state index is -0.170. The topological polar surface area (TPSA) is 35.5 Å². The maximum atomic E-state index is 11.1. The SMILES string of the molecule is CC(=S)OCC(C)COC(=O)C(C)C. The number of thiocarbonyl (C=S) groups is 1. The Morgan fingerprint density at radius 2 is 1.71 bits per heavy atom. The summed E-state index contributed by atoms with van der Waals surface area (Å²) in [5.74, 6) is -0.0677. The number of carbonyl (C=O) groups excluding carboxylic acids is 1. The van der Waals surface area contributed by atoms with E-state index in [9.17, 15) is 4.79 Å². The first kappa shape index (κ1) is 13.4. The lowest BCUT2D eigenvalue weighted by Crippen LogP contribution is -2.19. The fourth-order valence-electron chi connectivity index (χ4n) is 0.699. The molecule has 1 unspecified atom stereocenters. The van der Waals surface area contributed by atoms with Gasteiger partial charge in [-0.05, 0) is 12.2 Å². The predicted octanol–water partition coefficient (Wildman–Crippen LogP) is 2.19. The van der Waals surface area contributed by atoms with E-state index in [0.717, 1.165) is 0 Å². The molecule has 0 aliphatic heterocycles. The Balaban J connectivity index is 3.58. The van der Waals surface area contributed by atoms with Crippen molar-refractivity contribution in [2.75, 3.05) is 13.2 Å². The second-order valence-electron chi connectivity index (χ2n) is 3.69. The van der Waals surface area contributed by atoms with Gasteiger partial charge in [0.05, 0.1) is 19.1 Å². The molecular weight excluding hydrogens is 200 g/mol. The molecule has 3 nitrogen and oxygen atoms in total. The Morgan fingerprint density at radius 3 is 2.14 bits per heavy atom. The lowest BCUT2D eigenvalue weighted by Gasteiger charge is -2.13. The van der Waals surface area contributed by atoms with Gasteiger partial charge >= 0.3 is 5.97 Å². The minimum Gasteiger partial charge on any atom is -0.487 e. The average molecular weight is 218 g/mol. The Hall–Kier alpha value is -0.640. The summed E-state index contributed by atoms with van der Waals surface area (Å²) in [6.07, 6.45) is 0. The zero-order chi connectivity index (χ0) is 11.1. The van der Waals surface area contributed by atoms with Crippen molar-refractivity contribution in [2.45, 2.75) is 27.7 Å². The summed E-state index contributed by atoms with van der Waals surface area (Å²) in [5, 5.41) is 0.520. The van der Waals surface area contributed by atoms with Crippen LogP contribution in [0.2, 0.25) is 0 Å². The third-order valence-electron chi connectivity index (χ3n) is 1.55. The maximum absolute atomic E-state index is 11.1. The molecule has 0 N–H and O–H groups in total. The van der Waals surface area contributed by atoms with Gasteiger partial charge in [-0.2, -0.15) is 0 Å². The Morgan fingerprint density at radius 1 is 1.21 bits per heavy atom. The fraction of sp³-hybridized carbons (Fsp3) is 0.800. The molecule has 0 aliphatic carbocycles. The van der Waals surface area contributed by atoms with E-state index < -0.39 is 0 Å². The molecule has 0 radical (unpaired) electrons. The molecule has 0 aromatic heterocycles. The van der Waals surface area contributed by atoms with Crippen LogP contribution in [-0.2, 0) is 14.3 Å². The van der Waals surface area contributed by atoms with Gasteiger partial charge in [-0.1, -0.05) is 20.8 Å². The molecule has 0 aromatic rings.